The summed E-state index contributed by atoms with van der Waals surface area (Å²) in [6.07, 6.45) is 4.12. The van der Waals surface area contributed by atoms with Crippen LogP contribution in [0.5, 0.6) is 0 Å². The van der Waals surface area contributed by atoms with Crippen LogP contribution >= 0.6 is 11.3 Å². The summed E-state index contributed by atoms with van der Waals surface area (Å²) in [7, 11) is 0. The number of benzene rings is 1. The number of carbonyl (C=O) groups excluding carboxylic acids is 1. The molecule has 0 saturated carbocycles. The molecule has 140 valence electrons. The fourth-order valence-electron chi connectivity index (χ4n) is 3.27. The molecule has 6 nitrogen and oxygen atoms in total. The van der Waals surface area contributed by atoms with Gasteiger partial charge in [-0.05, 0) is 36.3 Å². The maximum atomic E-state index is 12.6. The average molecular weight is 382 g/mol. The van der Waals surface area contributed by atoms with Crippen LogP contribution in [0.2, 0.25) is 0 Å². The Hall–Kier alpha value is -2.67. The van der Waals surface area contributed by atoms with Crippen molar-refractivity contribution in [3.63, 3.8) is 0 Å². The van der Waals surface area contributed by atoms with Gasteiger partial charge in [0.25, 0.3) is 5.91 Å². The number of aromatic nitrogens is 2. The molecule has 7 heteroatoms. The molecule has 3 heterocycles. The highest BCUT2D eigenvalue weighted by molar-refractivity contribution is 7.12. The Labute approximate surface area is 162 Å². The van der Waals surface area contributed by atoms with E-state index in [4.69, 9.17) is 4.42 Å². The van der Waals surface area contributed by atoms with Gasteiger partial charge < -0.3 is 14.6 Å². The molecule has 1 aliphatic heterocycles. The predicted molar refractivity (Wildman–Crippen MR) is 105 cm³/mol. The predicted octanol–water partition coefficient (Wildman–Crippen LogP) is 3.84. The van der Waals surface area contributed by atoms with E-state index in [0.29, 0.717) is 23.2 Å². The molecule has 0 spiro atoms. The van der Waals surface area contributed by atoms with Crippen molar-refractivity contribution in [3.8, 4) is 0 Å². The molecule has 27 heavy (non-hydrogen) atoms. The van der Waals surface area contributed by atoms with Gasteiger partial charge in [-0.3, -0.25) is 4.79 Å². The van der Waals surface area contributed by atoms with Crippen LogP contribution in [0.15, 0.2) is 52.3 Å². The van der Waals surface area contributed by atoms with Crippen LogP contribution in [0, 0.1) is 0 Å². The zero-order valence-corrected chi connectivity index (χ0v) is 15.8. The van der Waals surface area contributed by atoms with E-state index in [1.807, 2.05) is 47.8 Å². The number of piperidine rings is 1. The van der Waals surface area contributed by atoms with Crippen molar-refractivity contribution in [3.05, 3.63) is 64.2 Å². The summed E-state index contributed by atoms with van der Waals surface area (Å²) in [5, 5.41) is 13.4. The second-order valence-corrected chi connectivity index (χ2v) is 7.61. The fraction of sp³-hybridized carbons (Fsp3) is 0.350. The number of nitrogens with zero attached hydrogens (tertiary/aromatic N) is 3. The Kier molecular flexibility index (Phi) is 5.48. The Bertz CT molecular complexity index is 857. The van der Waals surface area contributed by atoms with Crippen LogP contribution in [0.4, 0.5) is 6.01 Å². The van der Waals surface area contributed by atoms with E-state index < -0.39 is 0 Å². The molecule has 1 aromatic carbocycles. The highest BCUT2D eigenvalue weighted by Crippen LogP contribution is 2.24. The number of hydrogen-bond donors (Lipinski definition) is 1. The molecule has 1 amide bonds. The van der Waals surface area contributed by atoms with Crippen LogP contribution in [0.3, 0.4) is 0 Å². The number of anilines is 1. The smallest absolute Gasteiger partial charge is 0.318 e. The van der Waals surface area contributed by atoms with Gasteiger partial charge in [0.05, 0.1) is 4.88 Å². The van der Waals surface area contributed by atoms with Gasteiger partial charge in [0.15, 0.2) is 0 Å². The van der Waals surface area contributed by atoms with Gasteiger partial charge in [-0.15, -0.1) is 16.4 Å². The van der Waals surface area contributed by atoms with E-state index in [-0.39, 0.29) is 11.9 Å². The van der Waals surface area contributed by atoms with E-state index in [1.54, 1.807) is 0 Å². The molecule has 0 bridgehead atoms. The topological polar surface area (TPSA) is 71.3 Å². The van der Waals surface area contributed by atoms with Crippen molar-refractivity contribution >= 4 is 23.3 Å². The normalized spacial score (nSPS) is 15.5. The lowest BCUT2D eigenvalue weighted by Crippen LogP contribution is -2.30. The molecule has 1 fully saturated rings. The number of rotatable bonds is 6. The summed E-state index contributed by atoms with van der Waals surface area (Å²) in [4.78, 5) is 15.4. The third-order valence-electron chi connectivity index (χ3n) is 4.69. The molecule has 1 aliphatic rings. The molecule has 1 atom stereocenters. The molecular weight excluding hydrogens is 360 g/mol. The summed E-state index contributed by atoms with van der Waals surface area (Å²) >= 11 is 1.42. The highest BCUT2D eigenvalue weighted by atomic mass is 32.1. The van der Waals surface area contributed by atoms with Gasteiger partial charge in [0.2, 0.25) is 5.89 Å². The molecule has 1 N–H and O–H groups in total. The number of carbonyl (C=O) groups is 1. The van der Waals surface area contributed by atoms with Gasteiger partial charge in [0, 0.05) is 19.5 Å². The van der Waals surface area contributed by atoms with Gasteiger partial charge in [-0.25, -0.2) is 0 Å². The second-order valence-electron chi connectivity index (χ2n) is 6.66. The van der Waals surface area contributed by atoms with E-state index in [1.165, 1.54) is 17.8 Å². The Morgan fingerprint density at radius 2 is 1.93 bits per heavy atom. The third-order valence-corrected chi connectivity index (χ3v) is 5.56. The van der Waals surface area contributed by atoms with E-state index in [0.717, 1.165) is 31.5 Å². The van der Waals surface area contributed by atoms with Gasteiger partial charge in [0.1, 0.15) is 6.04 Å². The van der Waals surface area contributed by atoms with E-state index in [2.05, 4.69) is 20.4 Å². The van der Waals surface area contributed by atoms with Crippen LogP contribution in [0.25, 0.3) is 0 Å². The minimum Gasteiger partial charge on any atom is -0.406 e. The maximum Gasteiger partial charge on any atom is 0.318 e. The number of hydrogen-bond acceptors (Lipinski definition) is 6. The van der Waals surface area contributed by atoms with Crippen LogP contribution < -0.4 is 10.2 Å². The summed E-state index contributed by atoms with van der Waals surface area (Å²) in [5.74, 6) is 0.327. The lowest BCUT2D eigenvalue weighted by molar-refractivity contribution is 0.0934. The first-order valence-electron chi connectivity index (χ1n) is 9.26. The largest absolute Gasteiger partial charge is 0.406 e. The van der Waals surface area contributed by atoms with Gasteiger partial charge in [-0.1, -0.05) is 41.5 Å². The van der Waals surface area contributed by atoms with Crippen LogP contribution in [0.1, 0.15) is 46.4 Å². The maximum absolute atomic E-state index is 12.6. The SMILES string of the molecule is O=C(NC(Cc1ccccc1)c1nnc(N2CCCCC2)o1)c1cccs1. The van der Waals surface area contributed by atoms with Gasteiger partial charge in [-0.2, -0.15) is 0 Å². The first-order chi connectivity index (χ1) is 13.3. The summed E-state index contributed by atoms with van der Waals surface area (Å²) in [6, 6.07) is 13.9. The summed E-state index contributed by atoms with van der Waals surface area (Å²) < 4.78 is 5.97. The minimum absolute atomic E-state index is 0.122. The first kappa shape index (κ1) is 17.7. The van der Waals surface area contributed by atoms with Crippen molar-refractivity contribution in [1.29, 1.82) is 0 Å². The van der Waals surface area contributed by atoms with E-state index >= 15 is 0 Å². The number of nitrogens with one attached hydrogen (secondary N) is 1. The van der Waals surface area contributed by atoms with Crippen molar-refractivity contribution in [1.82, 2.24) is 15.5 Å². The monoisotopic (exact) mass is 382 g/mol. The minimum atomic E-state index is -0.368. The van der Waals surface area contributed by atoms with Crippen LogP contribution in [-0.2, 0) is 6.42 Å². The molecule has 0 aliphatic carbocycles. The molecule has 1 unspecified atom stereocenters. The molecule has 1 saturated heterocycles. The van der Waals surface area contributed by atoms with Crippen molar-refractivity contribution in [2.45, 2.75) is 31.7 Å². The van der Waals surface area contributed by atoms with Crippen molar-refractivity contribution < 1.29 is 9.21 Å². The number of thiophene rings is 1. The lowest BCUT2D eigenvalue weighted by atomic mass is 10.1. The molecule has 2 aromatic heterocycles. The summed E-state index contributed by atoms with van der Waals surface area (Å²) in [6.45, 7) is 1.87. The lowest BCUT2D eigenvalue weighted by Gasteiger charge is -2.24. The first-order valence-corrected chi connectivity index (χ1v) is 10.1. The van der Waals surface area contributed by atoms with Gasteiger partial charge >= 0.3 is 6.01 Å². The average Bonchev–Trinajstić information content (AvgIpc) is 3.41. The highest BCUT2D eigenvalue weighted by Gasteiger charge is 2.24. The molecule has 3 aromatic rings. The van der Waals surface area contributed by atoms with Crippen molar-refractivity contribution in [2.24, 2.45) is 0 Å². The van der Waals surface area contributed by atoms with Crippen LogP contribution in [-0.4, -0.2) is 29.2 Å². The standard InChI is InChI=1S/C20H22N4O2S/c25-18(17-10-7-13-27-17)21-16(14-15-8-3-1-4-9-15)19-22-23-20(26-19)24-11-5-2-6-12-24/h1,3-4,7-10,13,16H,2,5-6,11-12,14H2,(H,21,25). The fourth-order valence-corrected chi connectivity index (χ4v) is 3.89. The Morgan fingerprint density at radius 3 is 2.67 bits per heavy atom. The molecule has 4 rings (SSSR count). The van der Waals surface area contributed by atoms with E-state index in [9.17, 15) is 4.79 Å². The Balaban J connectivity index is 1.55. The zero-order valence-electron chi connectivity index (χ0n) is 15.0. The quantitative estimate of drug-likeness (QED) is 0.701. The second kappa shape index (κ2) is 8.35. The zero-order chi connectivity index (χ0) is 18.5. The molecular formula is C20H22N4O2S. The van der Waals surface area contributed by atoms with Crippen molar-refractivity contribution in [2.75, 3.05) is 18.0 Å². The number of amides is 1. The Morgan fingerprint density at radius 1 is 1.11 bits per heavy atom. The third kappa shape index (κ3) is 4.36. The summed E-state index contributed by atoms with van der Waals surface area (Å²) in [5.41, 5.74) is 1.10. The molecule has 0 radical (unpaired) electrons.